The Labute approximate surface area is 128 Å². The molecule has 0 saturated heterocycles. The van der Waals surface area contributed by atoms with Gasteiger partial charge in [0.15, 0.2) is 17.5 Å². The van der Waals surface area contributed by atoms with Crippen molar-refractivity contribution in [1.29, 1.82) is 0 Å². The Balaban J connectivity index is 1.92. The van der Waals surface area contributed by atoms with Crippen LogP contribution in [0.3, 0.4) is 0 Å². The number of anilines is 2. The third-order valence-corrected chi connectivity index (χ3v) is 2.93. The lowest BCUT2D eigenvalue weighted by molar-refractivity contribution is -0.116. The maximum Gasteiger partial charge on any atom is 0.226 e. The first-order valence-corrected chi connectivity index (χ1v) is 6.51. The zero-order chi connectivity index (χ0) is 17.0. The molecular weight excluding hydrogens is 319 g/mol. The number of para-hydroxylation sites is 1. The van der Waals surface area contributed by atoms with Crippen molar-refractivity contribution < 1.29 is 26.7 Å². The van der Waals surface area contributed by atoms with E-state index in [4.69, 9.17) is 0 Å². The first-order valence-electron chi connectivity index (χ1n) is 6.51. The summed E-state index contributed by atoms with van der Waals surface area (Å²) in [5.74, 6) is -6.97. The van der Waals surface area contributed by atoms with Gasteiger partial charge in [0.2, 0.25) is 5.91 Å². The third-order valence-electron chi connectivity index (χ3n) is 2.93. The molecule has 0 aromatic heterocycles. The van der Waals surface area contributed by atoms with Crippen molar-refractivity contribution in [2.24, 2.45) is 0 Å². The van der Waals surface area contributed by atoms with E-state index in [2.05, 4.69) is 5.32 Å². The maximum atomic E-state index is 13.4. The largest absolute Gasteiger partial charge is 0.382 e. The zero-order valence-electron chi connectivity index (χ0n) is 11.6. The molecule has 0 aliphatic heterocycles. The van der Waals surface area contributed by atoms with E-state index in [0.29, 0.717) is 0 Å². The summed E-state index contributed by atoms with van der Waals surface area (Å²) in [5.41, 5.74) is -0.912. The smallest absolute Gasteiger partial charge is 0.226 e. The van der Waals surface area contributed by atoms with E-state index in [1.54, 1.807) is 0 Å². The lowest BCUT2D eigenvalue weighted by Crippen LogP contribution is -2.18. The Morgan fingerprint density at radius 2 is 1.52 bits per heavy atom. The summed E-state index contributed by atoms with van der Waals surface area (Å²) in [6.45, 7) is -0.149. The number of hydrogen-bond acceptors (Lipinski definition) is 2. The molecule has 1 amide bonds. The van der Waals surface area contributed by atoms with Crippen molar-refractivity contribution >= 4 is 17.3 Å². The molecule has 0 radical (unpaired) electrons. The Morgan fingerprint density at radius 1 is 0.870 bits per heavy atom. The molecule has 0 bridgehead atoms. The number of halogens is 5. The molecule has 0 saturated carbocycles. The minimum absolute atomic E-state index is 0.149. The van der Waals surface area contributed by atoms with Gasteiger partial charge >= 0.3 is 0 Å². The molecule has 0 spiro atoms. The average Bonchev–Trinajstić information content (AvgIpc) is 2.51. The van der Waals surface area contributed by atoms with E-state index in [9.17, 15) is 26.7 Å². The first-order chi connectivity index (χ1) is 10.9. The van der Waals surface area contributed by atoms with Gasteiger partial charge in [0, 0.05) is 13.0 Å². The van der Waals surface area contributed by atoms with Gasteiger partial charge in [-0.25, -0.2) is 22.0 Å². The Hall–Kier alpha value is -2.64. The number of amides is 1. The van der Waals surface area contributed by atoms with Gasteiger partial charge in [0.1, 0.15) is 17.3 Å². The summed E-state index contributed by atoms with van der Waals surface area (Å²) in [4.78, 5) is 11.6. The standard InChI is InChI=1S/C15H11F5N2O/c16-8-4-5-11(14(20)13(8)19)21-7-6-12(23)22-15-9(17)2-1-3-10(15)18/h1-5,21H,6-7H2,(H,22,23). The SMILES string of the molecule is O=C(CCNc1ccc(F)c(F)c1F)Nc1c(F)cccc1F. The summed E-state index contributed by atoms with van der Waals surface area (Å²) in [5, 5.41) is 4.44. The number of benzene rings is 2. The Bertz CT molecular complexity index is 716. The topological polar surface area (TPSA) is 41.1 Å². The van der Waals surface area contributed by atoms with Gasteiger partial charge in [-0.1, -0.05) is 6.07 Å². The van der Waals surface area contributed by atoms with Crippen LogP contribution < -0.4 is 10.6 Å². The molecule has 2 aromatic carbocycles. The summed E-state index contributed by atoms with van der Waals surface area (Å²) in [6.07, 6.45) is -0.272. The van der Waals surface area contributed by atoms with E-state index in [1.807, 2.05) is 5.32 Å². The summed E-state index contributed by atoms with van der Waals surface area (Å²) < 4.78 is 65.8. The molecule has 0 atom stereocenters. The molecule has 0 aliphatic rings. The van der Waals surface area contributed by atoms with Gasteiger partial charge in [0.25, 0.3) is 0 Å². The monoisotopic (exact) mass is 330 g/mol. The quantitative estimate of drug-likeness (QED) is 0.646. The van der Waals surface area contributed by atoms with Crippen LogP contribution in [0, 0.1) is 29.1 Å². The van der Waals surface area contributed by atoms with Crippen LogP contribution in [0.1, 0.15) is 6.42 Å². The Kier molecular flexibility index (Phi) is 5.15. The van der Waals surface area contributed by atoms with Crippen LogP contribution in [0.5, 0.6) is 0 Å². The minimum Gasteiger partial charge on any atom is -0.382 e. The van der Waals surface area contributed by atoms with E-state index >= 15 is 0 Å². The van der Waals surface area contributed by atoms with Gasteiger partial charge in [-0.05, 0) is 24.3 Å². The highest BCUT2D eigenvalue weighted by atomic mass is 19.2. The zero-order valence-corrected chi connectivity index (χ0v) is 11.6. The second kappa shape index (κ2) is 7.08. The molecule has 0 aliphatic carbocycles. The van der Waals surface area contributed by atoms with Crippen LogP contribution in [0.15, 0.2) is 30.3 Å². The van der Waals surface area contributed by atoms with Crippen molar-refractivity contribution in [3.8, 4) is 0 Å². The van der Waals surface area contributed by atoms with Gasteiger partial charge in [-0.3, -0.25) is 4.79 Å². The van der Waals surface area contributed by atoms with Crippen LogP contribution in [0.25, 0.3) is 0 Å². The van der Waals surface area contributed by atoms with Crippen LogP contribution in [-0.2, 0) is 4.79 Å². The fraction of sp³-hybridized carbons (Fsp3) is 0.133. The fourth-order valence-corrected chi connectivity index (χ4v) is 1.79. The number of carbonyl (C=O) groups is 1. The molecule has 2 aromatic rings. The van der Waals surface area contributed by atoms with Crippen molar-refractivity contribution in [2.75, 3.05) is 17.2 Å². The van der Waals surface area contributed by atoms with E-state index in [1.165, 1.54) is 0 Å². The summed E-state index contributed by atoms with van der Waals surface area (Å²) in [7, 11) is 0. The third kappa shape index (κ3) is 3.97. The predicted octanol–water partition coefficient (Wildman–Crippen LogP) is 3.82. The van der Waals surface area contributed by atoms with Crippen molar-refractivity contribution in [3.63, 3.8) is 0 Å². The molecule has 3 nitrogen and oxygen atoms in total. The van der Waals surface area contributed by atoms with E-state index < -0.39 is 40.7 Å². The highest BCUT2D eigenvalue weighted by Gasteiger charge is 2.14. The van der Waals surface area contributed by atoms with Gasteiger partial charge < -0.3 is 10.6 Å². The molecule has 2 rings (SSSR count). The minimum atomic E-state index is -1.63. The first kappa shape index (κ1) is 16.7. The van der Waals surface area contributed by atoms with E-state index in [0.717, 1.165) is 30.3 Å². The number of hydrogen-bond donors (Lipinski definition) is 2. The molecular formula is C15H11F5N2O. The number of rotatable bonds is 5. The molecule has 0 fully saturated rings. The average molecular weight is 330 g/mol. The maximum absolute atomic E-state index is 13.4. The molecule has 8 heteroatoms. The molecule has 0 heterocycles. The van der Waals surface area contributed by atoms with Gasteiger partial charge in [0.05, 0.1) is 5.69 Å². The second-order valence-corrected chi connectivity index (χ2v) is 4.54. The fourth-order valence-electron chi connectivity index (χ4n) is 1.79. The molecule has 0 unspecified atom stereocenters. The van der Waals surface area contributed by atoms with Gasteiger partial charge in [-0.2, -0.15) is 0 Å². The van der Waals surface area contributed by atoms with Crippen molar-refractivity contribution in [2.45, 2.75) is 6.42 Å². The highest BCUT2D eigenvalue weighted by molar-refractivity contribution is 5.91. The molecule has 122 valence electrons. The lowest BCUT2D eigenvalue weighted by Gasteiger charge is -2.10. The summed E-state index contributed by atoms with van der Waals surface area (Å²) in [6, 6.07) is 4.81. The normalized spacial score (nSPS) is 10.5. The predicted molar refractivity (Wildman–Crippen MR) is 74.4 cm³/mol. The Morgan fingerprint density at radius 3 is 2.17 bits per heavy atom. The number of carbonyl (C=O) groups excluding carboxylic acids is 1. The van der Waals surface area contributed by atoms with Crippen LogP contribution in [-0.4, -0.2) is 12.5 Å². The van der Waals surface area contributed by atoms with E-state index in [-0.39, 0.29) is 18.7 Å². The van der Waals surface area contributed by atoms with Crippen molar-refractivity contribution in [3.05, 3.63) is 59.4 Å². The van der Waals surface area contributed by atoms with Gasteiger partial charge in [-0.15, -0.1) is 0 Å². The van der Waals surface area contributed by atoms with Crippen LogP contribution in [0.4, 0.5) is 33.3 Å². The van der Waals surface area contributed by atoms with Crippen LogP contribution in [0.2, 0.25) is 0 Å². The second-order valence-electron chi connectivity index (χ2n) is 4.54. The van der Waals surface area contributed by atoms with Crippen molar-refractivity contribution in [1.82, 2.24) is 0 Å². The molecule has 2 N–H and O–H groups in total. The number of nitrogens with one attached hydrogen (secondary N) is 2. The summed E-state index contributed by atoms with van der Waals surface area (Å²) >= 11 is 0. The van der Waals surface area contributed by atoms with Crippen LogP contribution >= 0.6 is 0 Å². The highest BCUT2D eigenvalue weighted by Crippen LogP contribution is 2.20. The molecule has 23 heavy (non-hydrogen) atoms. The lowest BCUT2D eigenvalue weighted by atomic mass is 10.2.